The monoisotopic (exact) mass is 322 g/mol. The summed E-state index contributed by atoms with van der Waals surface area (Å²) in [6, 6.07) is 2.09. The molecule has 0 aliphatic carbocycles. The van der Waals surface area contributed by atoms with E-state index in [1.165, 1.54) is 6.07 Å². The molecule has 0 radical (unpaired) electrons. The first kappa shape index (κ1) is 10.9. The highest BCUT2D eigenvalue weighted by atomic mass is 127. The van der Waals surface area contributed by atoms with Gasteiger partial charge in [-0.1, -0.05) is 11.6 Å². The molecule has 0 bridgehead atoms. The molecular weight excluding hydrogens is 319 g/mol. The van der Waals surface area contributed by atoms with Crippen molar-refractivity contribution < 1.29 is 18.3 Å². The smallest absolute Gasteiger partial charge is 0.420 e. The Bertz CT molecular complexity index is 337. The summed E-state index contributed by atoms with van der Waals surface area (Å²) in [5, 5.41) is 8.71. The van der Waals surface area contributed by atoms with Crippen LogP contribution in [-0.2, 0) is 6.18 Å². The molecule has 0 amide bonds. The third kappa shape index (κ3) is 2.40. The first-order chi connectivity index (χ1) is 5.82. The van der Waals surface area contributed by atoms with Gasteiger partial charge >= 0.3 is 6.18 Å². The van der Waals surface area contributed by atoms with Gasteiger partial charge in [-0.3, -0.25) is 0 Å². The van der Waals surface area contributed by atoms with Crippen LogP contribution in [0.2, 0.25) is 5.02 Å². The van der Waals surface area contributed by atoms with E-state index in [9.17, 15) is 13.2 Å². The number of hydrogen-bond acceptors (Lipinski definition) is 1. The Morgan fingerprint density at radius 2 is 1.85 bits per heavy atom. The van der Waals surface area contributed by atoms with Gasteiger partial charge < -0.3 is 5.11 Å². The molecule has 0 aliphatic rings. The van der Waals surface area contributed by atoms with Crippen molar-refractivity contribution in [2.75, 3.05) is 0 Å². The molecule has 0 atom stereocenters. The zero-order chi connectivity index (χ0) is 10.2. The zero-order valence-corrected chi connectivity index (χ0v) is 8.91. The number of rotatable bonds is 0. The molecule has 0 saturated carbocycles. The normalized spacial score (nSPS) is 11.8. The lowest BCUT2D eigenvalue weighted by Crippen LogP contribution is -2.05. The Hall–Kier alpha value is -0.170. The lowest BCUT2D eigenvalue weighted by Gasteiger charge is -2.10. The van der Waals surface area contributed by atoms with E-state index in [1.807, 2.05) is 0 Å². The number of halogens is 5. The highest BCUT2D eigenvalue weighted by Gasteiger charge is 2.35. The van der Waals surface area contributed by atoms with E-state index < -0.39 is 17.5 Å². The minimum Gasteiger partial charge on any atom is -0.506 e. The van der Waals surface area contributed by atoms with Gasteiger partial charge in [0.1, 0.15) is 5.75 Å². The SMILES string of the molecule is Oc1c(Cl)cc(I)cc1C(F)(F)F. The minimum absolute atomic E-state index is 0.292. The van der Waals surface area contributed by atoms with Crippen LogP contribution in [0.25, 0.3) is 0 Å². The largest absolute Gasteiger partial charge is 0.506 e. The fraction of sp³-hybridized carbons (Fsp3) is 0.143. The van der Waals surface area contributed by atoms with Gasteiger partial charge in [0.25, 0.3) is 0 Å². The fourth-order valence-electron chi connectivity index (χ4n) is 0.782. The molecule has 13 heavy (non-hydrogen) atoms. The molecule has 0 aliphatic heterocycles. The van der Waals surface area contributed by atoms with Crippen molar-refractivity contribution >= 4 is 34.2 Å². The second-order valence-corrected chi connectivity index (χ2v) is 3.93. The van der Waals surface area contributed by atoms with Crippen molar-refractivity contribution in [2.24, 2.45) is 0 Å². The average molecular weight is 322 g/mol. The van der Waals surface area contributed by atoms with Gasteiger partial charge in [0.05, 0.1) is 10.6 Å². The Kier molecular flexibility index (Phi) is 2.96. The molecule has 1 aromatic carbocycles. The molecule has 1 rings (SSSR count). The number of alkyl halides is 3. The predicted molar refractivity (Wildman–Crippen MR) is 50.8 cm³/mol. The molecule has 72 valence electrons. The molecule has 0 aromatic heterocycles. The minimum atomic E-state index is -4.57. The third-order valence-corrected chi connectivity index (χ3v) is 2.24. The van der Waals surface area contributed by atoms with E-state index in [0.29, 0.717) is 3.57 Å². The summed E-state index contributed by atoms with van der Waals surface area (Å²) in [7, 11) is 0. The molecule has 1 N–H and O–H groups in total. The number of aromatic hydroxyl groups is 1. The Morgan fingerprint density at radius 3 is 2.31 bits per heavy atom. The maximum atomic E-state index is 12.2. The summed E-state index contributed by atoms with van der Waals surface area (Å²) in [5.74, 6) is -0.922. The highest BCUT2D eigenvalue weighted by Crippen LogP contribution is 2.40. The van der Waals surface area contributed by atoms with Crippen LogP contribution in [0.1, 0.15) is 5.56 Å². The number of phenols is 1. The van der Waals surface area contributed by atoms with Crippen LogP contribution < -0.4 is 0 Å². The van der Waals surface area contributed by atoms with Crippen LogP contribution in [0.15, 0.2) is 12.1 Å². The first-order valence-electron chi connectivity index (χ1n) is 3.07. The molecule has 0 saturated heterocycles. The highest BCUT2D eigenvalue weighted by molar-refractivity contribution is 14.1. The summed E-state index contributed by atoms with van der Waals surface area (Å²) < 4.78 is 36.9. The van der Waals surface area contributed by atoms with E-state index >= 15 is 0 Å². The van der Waals surface area contributed by atoms with E-state index in [-0.39, 0.29) is 5.02 Å². The van der Waals surface area contributed by atoms with Crippen molar-refractivity contribution in [1.29, 1.82) is 0 Å². The van der Waals surface area contributed by atoms with Gasteiger partial charge in [-0.05, 0) is 34.7 Å². The Labute approximate surface area is 90.7 Å². The molecule has 0 unspecified atom stereocenters. The number of phenolic OH excluding ortho intramolecular Hbond substituents is 1. The van der Waals surface area contributed by atoms with Crippen molar-refractivity contribution in [1.82, 2.24) is 0 Å². The van der Waals surface area contributed by atoms with Crippen LogP contribution in [-0.4, -0.2) is 5.11 Å². The maximum absolute atomic E-state index is 12.2. The van der Waals surface area contributed by atoms with Crippen molar-refractivity contribution in [3.05, 3.63) is 26.3 Å². The molecule has 0 spiro atoms. The quantitative estimate of drug-likeness (QED) is 0.723. The second-order valence-electron chi connectivity index (χ2n) is 2.28. The maximum Gasteiger partial charge on any atom is 0.420 e. The van der Waals surface area contributed by atoms with E-state index in [4.69, 9.17) is 16.7 Å². The van der Waals surface area contributed by atoms with Crippen LogP contribution in [0.3, 0.4) is 0 Å². The Balaban J connectivity index is 3.37. The van der Waals surface area contributed by atoms with Crippen LogP contribution in [0.4, 0.5) is 13.2 Å². The van der Waals surface area contributed by atoms with Crippen molar-refractivity contribution in [3.8, 4) is 5.75 Å². The third-order valence-electron chi connectivity index (χ3n) is 1.33. The average Bonchev–Trinajstić information content (AvgIpc) is 1.94. The predicted octanol–water partition coefficient (Wildman–Crippen LogP) is 3.67. The lowest BCUT2D eigenvalue weighted by molar-refractivity contribution is -0.138. The molecular formula is C7H3ClF3IO. The van der Waals surface area contributed by atoms with Crippen molar-refractivity contribution in [3.63, 3.8) is 0 Å². The first-order valence-corrected chi connectivity index (χ1v) is 4.53. The van der Waals surface area contributed by atoms with Gasteiger partial charge in [-0.25, -0.2) is 0 Å². The molecule has 1 nitrogen and oxygen atoms in total. The fourth-order valence-corrected chi connectivity index (χ4v) is 1.81. The number of benzene rings is 1. The summed E-state index contributed by atoms with van der Waals surface area (Å²) in [6.07, 6.45) is -4.57. The summed E-state index contributed by atoms with van der Waals surface area (Å²) >= 11 is 7.06. The van der Waals surface area contributed by atoms with E-state index in [1.54, 1.807) is 22.6 Å². The summed E-state index contributed by atoms with van der Waals surface area (Å²) in [4.78, 5) is 0. The summed E-state index contributed by atoms with van der Waals surface area (Å²) in [6.45, 7) is 0. The Morgan fingerprint density at radius 1 is 1.31 bits per heavy atom. The zero-order valence-electron chi connectivity index (χ0n) is 5.99. The topological polar surface area (TPSA) is 20.2 Å². The molecule has 6 heteroatoms. The van der Waals surface area contributed by atoms with Crippen molar-refractivity contribution in [2.45, 2.75) is 6.18 Å². The van der Waals surface area contributed by atoms with Gasteiger partial charge in [-0.2, -0.15) is 13.2 Å². The van der Waals surface area contributed by atoms with Crippen LogP contribution >= 0.6 is 34.2 Å². The van der Waals surface area contributed by atoms with Crippen LogP contribution in [0.5, 0.6) is 5.75 Å². The summed E-state index contributed by atoms with van der Waals surface area (Å²) in [5.41, 5.74) is -1.11. The van der Waals surface area contributed by atoms with Gasteiger partial charge in [0.15, 0.2) is 0 Å². The standard InChI is InChI=1S/C7H3ClF3IO/c8-5-2-3(12)1-4(6(5)13)7(9,10)11/h1-2,13H. The van der Waals surface area contributed by atoms with Crippen LogP contribution in [0, 0.1) is 3.57 Å². The van der Waals surface area contributed by atoms with E-state index in [2.05, 4.69) is 0 Å². The molecule has 0 fully saturated rings. The number of hydrogen-bond donors (Lipinski definition) is 1. The van der Waals surface area contributed by atoms with Gasteiger partial charge in [0, 0.05) is 3.57 Å². The molecule has 1 aromatic rings. The molecule has 0 heterocycles. The van der Waals surface area contributed by atoms with E-state index in [0.717, 1.165) is 6.07 Å². The lowest BCUT2D eigenvalue weighted by atomic mass is 10.2. The second kappa shape index (κ2) is 3.53. The van der Waals surface area contributed by atoms with Gasteiger partial charge in [-0.15, -0.1) is 0 Å². The van der Waals surface area contributed by atoms with Gasteiger partial charge in [0.2, 0.25) is 0 Å².